The lowest BCUT2D eigenvalue weighted by molar-refractivity contribution is -0.137. The van der Waals surface area contributed by atoms with Gasteiger partial charge >= 0.3 is 6.18 Å². The van der Waals surface area contributed by atoms with Crippen LogP contribution in [0.25, 0.3) is 0 Å². The topological polar surface area (TPSA) is 45.2 Å². The van der Waals surface area contributed by atoms with Crippen LogP contribution in [0.1, 0.15) is 21.6 Å². The van der Waals surface area contributed by atoms with Gasteiger partial charge in [0.1, 0.15) is 5.69 Å². The summed E-state index contributed by atoms with van der Waals surface area (Å²) in [6, 6.07) is 15.8. The van der Waals surface area contributed by atoms with Crippen molar-refractivity contribution in [2.75, 3.05) is 16.8 Å². The Bertz CT molecular complexity index is 999. The third-order valence-corrected chi connectivity index (χ3v) is 4.62. The molecule has 28 heavy (non-hydrogen) atoms. The van der Waals surface area contributed by atoms with E-state index in [9.17, 15) is 18.0 Å². The van der Waals surface area contributed by atoms with Gasteiger partial charge in [-0.2, -0.15) is 13.2 Å². The molecule has 0 spiro atoms. The average molecular weight is 383 g/mol. The van der Waals surface area contributed by atoms with E-state index in [0.717, 1.165) is 29.8 Å². The summed E-state index contributed by atoms with van der Waals surface area (Å²) in [6.07, 6.45) is -2.06. The number of para-hydroxylation sites is 1. The molecule has 3 aromatic rings. The highest BCUT2D eigenvalue weighted by Gasteiger charge is 2.30. The smallest absolute Gasteiger partial charge is 0.354 e. The van der Waals surface area contributed by atoms with E-state index in [1.54, 1.807) is 17.0 Å². The molecule has 2 aromatic carbocycles. The van der Waals surface area contributed by atoms with Crippen LogP contribution in [0.2, 0.25) is 0 Å². The van der Waals surface area contributed by atoms with Crippen LogP contribution in [-0.4, -0.2) is 17.4 Å². The van der Waals surface area contributed by atoms with Gasteiger partial charge < -0.3 is 10.2 Å². The van der Waals surface area contributed by atoms with Crippen molar-refractivity contribution in [1.29, 1.82) is 0 Å². The number of hydrogen-bond donors (Lipinski definition) is 1. The Hall–Kier alpha value is -3.35. The van der Waals surface area contributed by atoms with Crippen molar-refractivity contribution in [3.05, 3.63) is 83.7 Å². The van der Waals surface area contributed by atoms with Crippen LogP contribution in [0.15, 0.2) is 66.9 Å². The molecule has 4 rings (SSSR count). The van der Waals surface area contributed by atoms with Gasteiger partial charge in [0.05, 0.1) is 17.4 Å². The van der Waals surface area contributed by atoms with Gasteiger partial charge in [0.25, 0.3) is 5.91 Å². The van der Waals surface area contributed by atoms with Gasteiger partial charge in [-0.3, -0.25) is 4.79 Å². The third kappa shape index (κ3) is 3.55. The van der Waals surface area contributed by atoms with E-state index in [1.807, 2.05) is 24.3 Å². The number of halogens is 3. The van der Waals surface area contributed by atoms with Crippen LogP contribution in [-0.2, 0) is 12.6 Å². The second-order valence-corrected chi connectivity index (χ2v) is 6.47. The van der Waals surface area contributed by atoms with Crippen LogP contribution in [0.5, 0.6) is 0 Å². The summed E-state index contributed by atoms with van der Waals surface area (Å²) in [7, 11) is 0. The quantitative estimate of drug-likeness (QED) is 0.689. The van der Waals surface area contributed by atoms with Gasteiger partial charge in [0.15, 0.2) is 0 Å². The van der Waals surface area contributed by atoms with E-state index in [0.29, 0.717) is 23.6 Å². The minimum absolute atomic E-state index is 0.175. The number of nitrogens with zero attached hydrogens (tertiary/aromatic N) is 2. The molecule has 0 atom stereocenters. The number of hydrogen-bond acceptors (Lipinski definition) is 3. The van der Waals surface area contributed by atoms with E-state index in [1.165, 1.54) is 18.3 Å². The zero-order chi connectivity index (χ0) is 19.7. The SMILES string of the molecule is O=C(c1ccc(Nc2ccc(C(F)(F)F)cc2)cn1)N1CCc2ccccc21. The highest BCUT2D eigenvalue weighted by Crippen LogP contribution is 2.31. The fourth-order valence-corrected chi connectivity index (χ4v) is 3.19. The Morgan fingerprint density at radius 3 is 2.36 bits per heavy atom. The first-order valence-corrected chi connectivity index (χ1v) is 8.72. The summed E-state index contributed by atoms with van der Waals surface area (Å²) in [6.45, 7) is 0.616. The molecule has 7 heteroatoms. The maximum atomic E-state index is 12.7. The zero-order valence-electron chi connectivity index (χ0n) is 14.7. The van der Waals surface area contributed by atoms with Gasteiger partial charge in [-0.1, -0.05) is 18.2 Å². The molecule has 0 radical (unpaired) electrons. The number of aromatic nitrogens is 1. The first kappa shape index (κ1) is 18.0. The number of nitrogens with one attached hydrogen (secondary N) is 1. The third-order valence-electron chi connectivity index (χ3n) is 4.62. The number of alkyl halides is 3. The monoisotopic (exact) mass is 383 g/mol. The van der Waals surface area contributed by atoms with Crippen molar-refractivity contribution in [2.24, 2.45) is 0 Å². The lowest BCUT2D eigenvalue weighted by Gasteiger charge is -2.17. The molecule has 1 aromatic heterocycles. The number of carbonyl (C=O) groups excluding carboxylic acids is 1. The van der Waals surface area contributed by atoms with Crippen molar-refractivity contribution >= 4 is 23.0 Å². The second-order valence-electron chi connectivity index (χ2n) is 6.47. The Morgan fingerprint density at radius 1 is 0.964 bits per heavy atom. The molecular formula is C21H16F3N3O. The summed E-state index contributed by atoms with van der Waals surface area (Å²) in [5.41, 5.74) is 2.73. The van der Waals surface area contributed by atoms with Crippen molar-refractivity contribution in [1.82, 2.24) is 4.98 Å². The minimum Gasteiger partial charge on any atom is -0.354 e. The second kappa shape index (κ2) is 6.99. The largest absolute Gasteiger partial charge is 0.416 e. The molecule has 1 aliphatic heterocycles. The summed E-state index contributed by atoms with van der Waals surface area (Å²) in [4.78, 5) is 18.7. The fourth-order valence-electron chi connectivity index (χ4n) is 3.19. The molecule has 0 bridgehead atoms. The van der Waals surface area contributed by atoms with E-state index < -0.39 is 11.7 Å². The molecule has 0 saturated heterocycles. The number of carbonyl (C=O) groups is 1. The molecule has 1 amide bonds. The number of anilines is 3. The number of benzene rings is 2. The van der Waals surface area contributed by atoms with E-state index in [2.05, 4.69) is 10.3 Å². The van der Waals surface area contributed by atoms with Gasteiger partial charge in [0, 0.05) is 17.9 Å². The predicted octanol–water partition coefficient (Wildman–Crippen LogP) is 5.05. The number of pyridine rings is 1. The minimum atomic E-state index is -4.36. The Morgan fingerprint density at radius 2 is 1.68 bits per heavy atom. The molecule has 1 N–H and O–H groups in total. The van der Waals surface area contributed by atoms with E-state index >= 15 is 0 Å². The van der Waals surface area contributed by atoms with Crippen molar-refractivity contribution < 1.29 is 18.0 Å². The lowest BCUT2D eigenvalue weighted by atomic mass is 10.2. The summed E-state index contributed by atoms with van der Waals surface area (Å²) in [5, 5.41) is 2.98. The van der Waals surface area contributed by atoms with Crippen molar-refractivity contribution in [3.8, 4) is 0 Å². The highest BCUT2D eigenvalue weighted by molar-refractivity contribution is 6.06. The zero-order valence-corrected chi connectivity index (χ0v) is 14.7. The average Bonchev–Trinajstić information content (AvgIpc) is 3.12. The van der Waals surface area contributed by atoms with Crippen LogP contribution in [0.3, 0.4) is 0 Å². The highest BCUT2D eigenvalue weighted by atomic mass is 19.4. The summed E-state index contributed by atoms with van der Waals surface area (Å²) in [5.74, 6) is -0.175. The summed E-state index contributed by atoms with van der Waals surface area (Å²) >= 11 is 0. The first-order chi connectivity index (χ1) is 13.4. The fraction of sp³-hybridized carbons (Fsp3) is 0.143. The van der Waals surface area contributed by atoms with Gasteiger partial charge in [-0.25, -0.2) is 4.98 Å². The van der Waals surface area contributed by atoms with Crippen LogP contribution < -0.4 is 10.2 Å². The number of rotatable bonds is 3. The Labute approximate surface area is 159 Å². The van der Waals surface area contributed by atoms with Gasteiger partial charge in [-0.05, 0) is 54.4 Å². The van der Waals surface area contributed by atoms with E-state index in [4.69, 9.17) is 0 Å². The Balaban J connectivity index is 1.46. The number of amides is 1. The molecule has 0 saturated carbocycles. The maximum Gasteiger partial charge on any atom is 0.416 e. The summed E-state index contributed by atoms with van der Waals surface area (Å²) < 4.78 is 37.9. The molecule has 0 unspecified atom stereocenters. The molecule has 1 aliphatic rings. The number of fused-ring (bicyclic) bond motifs is 1. The normalized spacial score (nSPS) is 13.3. The standard InChI is InChI=1S/C21H16F3N3O/c22-21(23,24)15-5-7-16(8-6-15)26-17-9-10-18(25-13-17)20(28)27-12-11-14-3-1-2-4-19(14)27/h1-10,13,26H,11-12H2. The first-order valence-electron chi connectivity index (χ1n) is 8.72. The van der Waals surface area contributed by atoms with Gasteiger partial charge in [0.2, 0.25) is 0 Å². The van der Waals surface area contributed by atoms with Crippen molar-refractivity contribution in [2.45, 2.75) is 12.6 Å². The van der Waals surface area contributed by atoms with Gasteiger partial charge in [-0.15, -0.1) is 0 Å². The van der Waals surface area contributed by atoms with E-state index in [-0.39, 0.29) is 5.91 Å². The maximum absolute atomic E-state index is 12.7. The Kier molecular flexibility index (Phi) is 4.50. The lowest BCUT2D eigenvalue weighted by Crippen LogP contribution is -2.29. The molecule has 0 fully saturated rings. The van der Waals surface area contributed by atoms with Crippen molar-refractivity contribution in [3.63, 3.8) is 0 Å². The molecular weight excluding hydrogens is 367 g/mol. The predicted molar refractivity (Wildman–Crippen MR) is 101 cm³/mol. The molecule has 2 heterocycles. The molecule has 4 nitrogen and oxygen atoms in total. The van der Waals surface area contributed by atoms with Crippen LogP contribution in [0.4, 0.5) is 30.2 Å². The van der Waals surface area contributed by atoms with Crippen LogP contribution in [0, 0.1) is 0 Å². The molecule has 0 aliphatic carbocycles. The van der Waals surface area contributed by atoms with Crippen LogP contribution >= 0.6 is 0 Å². The molecule has 142 valence electrons.